The van der Waals surface area contributed by atoms with Crippen molar-refractivity contribution in [1.82, 2.24) is 0 Å². The average Bonchev–Trinajstić information content (AvgIpc) is 2.96. The minimum Gasteiger partial charge on any atom is -0.493 e. The average molecular weight is 386 g/mol. The Morgan fingerprint density at radius 3 is 2.54 bits per heavy atom. The van der Waals surface area contributed by atoms with Gasteiger partial charge in [0.05, 0.1) is 7.11 Å². The minimum absolute atomic E-state index is 0.0539. The molecule has 2 saturated carbocycles. The molecule has 0 radical (unpaired) electrons. The number of fused-ring (bicyclic) bond motifs is 5. The van der Waals surface area contributed by atoms with E-state index in [4.69, 9.17) is 14.2 Å². The van der Waals surface area contributed by atoms with Gasteiger partial charge in [-0.15, -0.1) is 0 Å². The Morgan fingerprint density at radius 1 is 1.07 bits per heavy atom. The Morgan fingerprint density at radius 2 is 1.86 bits per heavy atom. The summed E-state index contributed by atoms with van der Waals surface area (Å²) in [7, 11) is 1.65. The van der Waals surface area contributed by atoms with Crippen LogP contribution in [0.2, 0.25) is 0 Å². The predicted molar refractivity (Wildman–Crippen MR) is 104 cm³/mol. The van der Waals surface area contributed by atoms with Crippen molar-refractivity contribution >= 4 is 11.9 Å². The molecule has 0 heterocycles. The lowest BCUT2D eigenvalue weighted by molar-refractivity contribution is -0.154. The number of hydrogen-bond donors (Lipinski definition) is 0. The molecule has 0 aliphatic heterocycles. The summed E-state index contributed by atoms with van der Waals surface area (Å²) < 4.78 is 16.7. The van der Waals surface area contributed by atoms with Crippen molar-refractivity contribution in [2.75, 3.05) is 7.11 Å². The van der Waals surface area contributed by atoms with Crippen molar-refractivity contribution in [2.45, 2.75) is 71.3 Å². The molecule has 0 saturated heterocycles. The van der Waals surface area contributed by atoms with Gasteiger partial charge in [-0.25, -0.2) is 0 Å². The zero-order chi connectivity index (χ0) is 20.1. The van der Waals surface area contributed by atoms with Crippen LogP contribution >= 0.6 is 0 Å². The van der Waals surface area contributed by atoms with E-state index in [0.717, 1.165) is 38.5 Å². The molecule has 5 atom stereocenters. The molecule has 1 aromatic rings. The number of carbonyl (C=O) groups is 2. The molecule has 0 unspecified atom stereocenters. The Hall–Kier alpha value is -2.04. The lowest BCUT2D eigenvalue weighted by Gasteiger charge is -2.50. The van der Waals surface area contributed by atoms with Gasteiger partial charge in [-0.3, -0.25) is 9.59 Å². The van der Waals surface area contributed by atoms with Crippen LogP contribution in [0, 0.1) is 17.3 Å². The lowest BCUT2D eigenvalue weighted by Crippen LogP contribution is -2.45. The third-order valence-electron chi connectivity index (χ3n) is 7.50. The number of esters is 2. The van der Waals surface area contributed by atoms with Crippen LogP contribution in [-0.2, 0) is 20.7 Å². The normalized spacial score (nSPS) is 33.3. The second kappa shape index (κ2) is 7.09. The zero-order valence-electron chi connectivity index (χ0n) is 17.2. The van der Waals surface area contributed by atoms with Gasteiger partial charge in [0.25, 0.3) is 0 Å². The molecule has 1 aromatic carbocycles. The maximum absolute atomic E-state index is 11.6. The summed E-state index contributed by atoms with van der Waals surface area (Å²) >= 11 is 0. The molecule has 3 aliphatic rings. The second-order valence-electron chi connectivity index (χ2n) is 8.89. The Kier molecular flexibility index (Phi) is 4.88. The van der Waals surface area contributed by atoms with Crippen LogP contribution < -0.4 is 9.47 Å². The second-order valence-corrected chi connectivity index (χ2v) is 8.89. The van der Waals surface area contributed by atoms with Crippen molar-refractivity contribution in [3.8, 4) is 11.5 Å². The largest absolute Gasteiger partial charge is 0.493 e. The molecule has 4 rings (SSSR count). The fourth-order valence-corrected chi connectivity index (χ4v) is 6.42. The van der Waals surface area contributed by atoms with Gasteiger partial charge in [0.15, 0.2) is 11.5 Å². The Balaban J connectivity index is 1.64. The fraction of sp³-hybridized carbons (Fsp3) is 0.652. The molecular formula is C23H30O5. The van der Waals surface area contributed by atoms with Crippen LogP contribution in [-0.4, -0.2) is 25.2 Å². The van der Waals surface area contributed by atoms with Crippen LogP contribution in [0.25, 0.3) is 0 Å². The molecule has 152 valence electrons. The topological polar surface area (TPSA) is 61.8 Å². The quantitative estimate of drug-likeness (QED) is 0.569. The molecule has 28 heavy (non-hydrogen) atoms. The van der Waals surface area contributed by atoms with Crippen molar-refractivity contribution in [1.29, 1.82) is 0 Å². The highest BCUT2D eigenvalue weighted by molar-refractivity contribution is 5.71. The van der Waals surface area contributed by atoms with E-state index < -0.39 is 0 Å². The highest BCUT2D eigenvalue weighted by atomic mass is 16.6. The third kappa shape index (κ3) is 2.99. The highest BCUT2D eigenvalue weighted by Gasteiger charge is 2.56. The fourth-order valence-electron chi connectivity index (χ4n) is 6.42. The first kappa shape index (κ1) is 19.3. The number of ether oxygens (including phenoxy) is 3. The third-order valence-corrected chi connectivity index (χ3v) is 7.50. The first-order valence-corrected chi connectivity index (χ1v) is 10.4. The summed E-state index contributed by atoms with van der Waals surface area (Å²) in [4.78, 5) is 23.0. The van der Waals surface area contributed by atoms with Crippen LogP contribution in [0.1, 0.15) is 69.9 Å². The number of rotatable bonds is 3. The maximum Gasteiger partial charge on any atom is 0.308 e. The molecule has 0 amide bonds. The molecule has 0 bridgehead atoms. The number of hydrogen-bond acceptors (Lipinski definition) is 5. The maximum atomic E-state index is 11.6. The van der Waals surface area contributed by atoms with Gasteiger partial charge in [0.2, 0.25) is 0 Å². The van der Waals surface area contributed by atoms with Gasteiger partial charge >= 0.3 is 11.9 Å². The van der Waals surface area contributed by atoms with E-state index in [9.17, 15) is 9.59 Å². The van der Waals surface area contributed by atoms with Crippen molar-refractivity contribution in [2.24, 2.45) is 17.3 Å². The lowest BCUT2D eigenvalue weighted by atomic mass is 9.55. The van der Waals surface area contributed by atoms with Crippen LogP contribution in [0.4, 0.5) is 0 Å². The molecule has 0 N–H and O–H groups in total. The van der Waals surface area contributed by atoms with Crippen LogP contribution in [0.15, 0.2) is 12.1 Å². The molecule has 5 heteroatoms. The van der Waals surface area contributed by atoms with Crippen molar-refractivity contribution < 1.29 is 23.8 Å². The van der Waals surface area contributed by atoms with E-state index in [2.05, 4.69) is 13.0 Å². The smallest absolute Gasteiger partial charge is 0.308 e. The van der Waals surface area contributed by atoms with E-state index in [1.165, 1.54) is 25.0 Å². The summed E-state index contributed by atoms with van der Waals surface area (Å²) in [5.74, 6) is 2.43. The number of benzene rings is 1. The van der Waals surface area contributed by atoms with E-state index in [1.54, 1.807) is 7.11 Å². The molecule has 3 aliphatic carbocycles. The van der Waals surface area contributed by atoms with Gasteiger partial charge in [-0.2, -0.15) is 0 Å². The zero-order valence-corrected chi connectivity index (χ0v) is 17.2. The van der Waals surface area contributed by atoms with Gasteiger partial charge in [0.1, 0.15) is 6.10 Å². The van der Waals surface area contributed by atoms with Gasteiger partial charge < -0.3 is 14.2 Å². The molecule has 5 nitrogen and oxygen atoms in total. The molecular weight excluding hydrogens is 356 g/mol. The predicted octanol–water partition coefficient (Wildman–Crippen LogP) is 4.41. The Labute approximate surface area is 166 Å². The van der Waals surface area contributed by atoms with Crippen molar-refractivity contribution in [3.63, 3.8) is 0 Å². The van der Waals surface area contributed by atoms with E-state index in [0.29, 0.717) is 29.3 Å². The van der Waals surface area contributed by atoms with Gasteiger partial charge in [-0.1, -0.05) is 13.0 Å². The first-order chi connectivity index (χ1) is 13.3. The Bertz CT molecular complexity index is 800. The summed E-state index contributed by atoms with van der Waals surface area (Å²) in [6.45, 7) is 5.26. The molecule has 0 spiro atoms. The number of carbonyl (C=O) groups excluding carboxylic acids is 2. The monoisotopic (exact) mass is 386 g/mol. The van der Waals surface area contributed by atoms with Crippen LogP contribution in [0.3, 0.4) is 0 Å². The van der Waals surface area contributed by atoms with E-state index >= 15 is 0 Å². The summed E-state index contributed by atoms with van der Waals surface area (Å²) in [5, 5.41) is 0. The first-order valence-electron chi connectivity index (χ1n) is 10.4. The molecule has 0 aromatic heterocycles. The number of methoxy groups -OCH3 is 1. The summed E-state index contributed by atoms with van der Waals surface area (Å²) in [6, 6.07) is 4.01. The van der Waals surface area contributed by atoms with E-state index in [-0.39, 0.29) is 23.5 Å². The highest BCUT2D eigenvalue weighted by Crippen LogP contribution is 2.62. The summed E-state index contributed by atoms with van der Waals surface area (Å²) in [6.07, 6.45) is 6.37. The molecule has 2 fully saturated rings. The van der Waals surface area contributed by atoms with E-state index in [1.807, 2.05) is 6.07 Å². The van der Waals surface area contributed by atoms with Gasteiger partial charge in [0, 0.05) is 24.8 Å². The minimum atomic E-state index is -0.331. The van der Waals surface area contributed by atoms with Crippen molar-refractivity contribution in [3.05, 3.63) is 23.3 Å². The summed E-state index contributed by atoms with van der Waals surface area (Å²) in [5.41, 5.74) is 2.63. The van der Waals surface area contributed by atoms with Crippen LogP contribution in [0.5, 0.6) is 11.5 Å². The SMILES string of the molecule is COc1c(OC(C)=O)ccc2c1CC[C@@H]1[C@@H]2CC[C@]2(C)[C@@H](OC(C)=O)CC[C@@H]12. The standard InChI is InChI=1S/C23H30O5/c1-13(24)27-20-9-7-15-16-11-12-23(3)19(8-10-21(23)28-14(2)25)17(16)5-6-18(15)22(20)26-4/h7,9,16-17,19,21H,5-6,8,10-12H2,1-4H3/t16-,17-,19+,21+,23+/m1/s1. The van der Waals surface area contributed by atoms with Gasteiger partial charge in [-0.05, 0) is 67.9 Å².